The number of likely N-dealkylation sites (N-methyl/N-ethyl adjacent to an activating group) is 1. The second-order valence-corrected chi connectivity index (χ2v) is 4.76. The van der Waals surface area contributed by atoms with Crippen molar-refractivity contribution in [1.29, 1.82) is 0 Å². The van der Waals surface area contributed by atoms with Crippen molar-refractivity contribution < 1.29 is 10.2 Å². The van der Waals surface area contributed by atoms with Crippen LogP contribution < -0.4 is 4.90 Å². The van der Waals surface area contributed by atoms with Crippen LogP contribution >= 0.6 is 0 Å². The third-order valence-corrected chi connectivity index (χ3v) is 2.25. The lowest BCUT2D eigenvalue weighted by Gasteiger charge is -2.28. The average Bonchev–Trinajstić information content (AvgIpc) is 2.15. The van der Waals surface area contributed by atoms with Gasteiger partial charge in [-0.2, -0.15) is 0 Å². The number of hydrogen-bond acceptors (Lipinski definition) is 4. The summed E-state index contributed by atoms with van der Waals surface area (Å²) in [7, 11) is 1.85. The van der Waals surface area contributed by atoms with Gasteiger partial charge in [0.05, 0.1) is 11.7 Å². The summed E-state index contributed by atoms with van der Waals surface area (Å²) in [5, 5.41) is 19.4. The van der Waals surface area contributed by atoms with E-state index in [1.807, 2.05) is 18.0 Å². The zero-order chi connectivity index (χ0) is 12.3. The molecular formula is C12H20N2O2. The van der Waals surface area contributed by atoms with Crippen molar-refractivity contribution in [3.63, 3.8) is 0 Å². The van der Waals surface area contributed by atoms with Gasteiger partial charge in [-0.1, -0.05) is 6.07 Å². The highest BCUT2D eigenvalue weighted by molar-refractivity contribution is 5.47. The molecular weight excluding hydrogens is 204 g/mol. The molecule has 1 atom stereocenters. The molecule has 90 valence electrons. The maximum absolute atomic E-state index is 9.75. The Morgan fingerprint density at radius 1 is 1.50 bits per heavy atom. The molecule has 0 aliphatic carbocycles. The molecule has 0 aliphatic rings. The quantitative estimate of drug-likeness (QED) is 0.810. The molecule has 0 amide bonds. The second-order valence-electron chi connectivity index (χ2n) is 4.76. The Bertz CT molecular complexity index is 345. The second kappa shape index (κ2) is 4.80. The van der Waals surface area contributed by atoms with E-state index in [1.165, 1.54) is 0 Å². The van der Waals surface area contributed by atoms with Gasteiger partial charge in [-0.25, -0.2) is 4.98 Å². The number of aliphatic hydroxyl groups is 2. The van der Waals surface area contributed by atoms with Gasteiger partial charge in [-0.3, -0.25) is 0 Å². The van der Waals surface area contributed by atoms with Gasteiger partial charge < -0.3 is 15.1 Å². The molecule has 0 unspecified atom stereocenters. The molecule has 0 bridgehead atoms. The molecule has 0 spiro atoms. The van der Waals surface area contributed by atoms with Crippen LogP contribution in [0, 0.1) is 0 Å². The zero-order valence-electron chi connectivity index (χ0n) is 10.3. The van der Waals surface area contributed by atoms with Crippen LogP contribution in [-0.2, 0) is 0 Å². The third kappa shape index (κ3) is 3.47. The lowest BCUT2D eigenvalue weighted by atomic mass is 10.1. The summed E-state index contributed by atoms with van der Waals surface area (Å²) in [5.41, 5.74) is -0.0170. The highest BCUT2D eigenvalue weighted by Gasteiger charge is 2.19. The zero-order valence-corrected chi connectivity index (χ0v) is 10.3. The molecule has 1 aromatic heterocycles. The van der Waals surface area contributed by atoms with Crippen LogP contribution in [0.25, 0.3) is 0 Å². The van der Waals surface area contributed by atoms with E-state index in [-0.39, 0.29) is 0 Å². The summed E-state index contributed by atoms with van der Waals surface area (Å²) in [6.45, 7) is 5.66. The van der Waals surface area contributed by atoms with Crippen molar-refractivity contribution >= 4 is 5.82 Å². The fourth-order valence-corrected chi connectivity index (χ4v) is 1.71. The van der Waals surface area contributed by atoms with Crippen molar-refractivity contribution in [3.05, 3.63) is 23.9 Å². The van der Waals surface area contributed by atoms with Crippen LogP contribution in [0.4, 0.5) is 5.82 Å². The number of pyridine rings is 1. The monoisotopic (exact) mass is 224 g/mol. The number of aromatic nitrogens is 1. The van der Waals surface area contributed by atoms with Gasteiger partial charge in [0.25, 0.3) is 0 Å². The van der Waals surface area contributed by atoms with E-state index in [0.29, 0.717) is 12.4 Å². The normalized spacial score (nSPS) is 13.6. The van der Waals surface area contributed by atoms with E-state index in [9.17, 15) is 10.2 Å². The van der Waals surface area contributed by atoms with E-state index >= 15 is 0 Å². The maximum atomic E-state index is 9.75. The van der Waals surface area contributed by atoms with Crippen LogP contribution in [0.15, 0.2) is 18.3 Å². The van der Waals surface area contributed by atoms with Gasteiger partial charge in [0.15, 0.2) is 0 Å². The number of nitrogens with zero attached hydrogens (tertiary/aromatic N) is 2. The summed E-state index contributed by atoms with van der Waals surface area (Å²) in [6.07, 6.45) is 1.12. The van der Waals surface area contributed by atoms with Gasteiger partial charge in [-0.05, 0) is 26.8 Å². The Kier molecular flexibility index (Phi) is 3.88. The van der Waals surface area contributed by atoms with Crippen LogP contribution in [0.3, 0.4) is 0 Å². The van der Waals surface area contributed by atoms with E-state index < -0.39 is 11.7 Å². The van der Waals surface area contributed by atoms with Crippen LogP contribution in [-0.4, -0.2) is 34.4 Å². The lowest BCUT2D eigenvalue weighted by molar-refractivity contribution is 0.0882. The van der Waals surface area contributed by atoms with Crippen LogP contribution in [0.1, 0.15) is 32.4 Å². The first-order valence-corrected chi connectivity index (χ1v) is 5.38. The van der Waals surface area contributed by atoms with Gasteiger partial charge in [0.1, 0.15) is 5.82 Å². The largest absolute Gasteiger partial charge is 0.389 e. The fraction of sp³-hybridized carbons (Fsp3) is 0.583. The smallest absolute Gasteiger partial charge is 0.134 e. The highest BCUT2D eigenvalue weighted by Crippen LogP contribution is 2.23. The van der Waals surface area contributed by atoms with E-state index in [1.54, 1.807) is 33.0 Å². The number of anilines is 1. The maximum Gasteiger partial charge on any atom is 0.134 e. The first-order valence-electron chi connectivity index (χ1n) is 5.38. The molecule has 0 saturated carbocycles. The van der Waals surface area contributed by atoms with Crippen LogP contribution in [0.5, 0.6) is 0 Å². The van der Waals surface area contributed by atoms with Crippen molar-refractivity contribution in [2.45, 2.75) is 32.5 Å². The molecule has 0 saturated heterocycles. The predicted octanol–water partition coefficient (Wildman–Crippen LogP) is 1.34. The molecule has 0 aromatic carbocycles. The third-order valence-electron chi connectivity index (χ3n) is 2.25. The molecule has 4 nitrogen and oxygen atoms in total. The molecule has 1 rings (SSSR count). The van der Waals surface area contributed by atoms with Crippen molar-refractivity contribution in [1.82, 2.24) is 4.98 Å². The molecule has 4 heteroatoms. The predicted molar refractivity (Wildman–Crippen MR) is 64.4 cm³/mol. The standard InChI is InChI=1S/C12H20N2O2/c1-9(15)10-6-5-7-13-11(10)14(4)8-12(2,3)16/h5-7,9,15-16H,8H2,1-4H3/t9-/m1/s1. The minimum Gasteiger partial charge on any atom is -0.389 e. The van der Waals surface area contributed by atoms with E-state index in [0.717, 1.165) is 5.56 Å². The Morgan fingerprint density at radius 3 is 2.62 bits per heavy atom. The van der Waals surface area contributed by atoms with Crippen molar-refractivity contribution in [2.75, 3.05) is 18.5 Å². The topological polar surface area (TPSA) is 56.6 Å². The van der Waals surface area contributed by atoms with Gasteiger partial charge in [0.2, 0.25) is 0 Å². The number of aliphatic hydroxyl groups excluding tert-OH is 1. The molecule has 1 heterocycles. The lowest BCUT2D eigenvalue weighted by Crippen LogP contribution is -2.37. The molecule has 0 radical (unpaired) electrons. The number of hydrogen-bond donors (Lipinski definition) is 2. The summed E-state index contributed by atoms with van der Waals surface area (Å²) in [5.74, 6) is 0.708. The summed E-state index contributed by atoms with van der Waals surface area (Å²) in [6, 6.07) is 3.64. The summed E-state index contributed by atoms with van der Waals surface area (Å²) < 4.78 is 0. The molecule has 16 heavy (non-hydrogen) atoms. The van der Waals surface area contributed by atoms with E-state index in [4.69, 9.17) is 0 Å². The van der Waals surface area contributed by atoms with Crippen molar-refractivity contribution in [2.24, 2.45) is 0 Å². The average molecular weight is 224 g/mol. The first kappa shape index (κ1) is 12.9. The Hall–Kier alpha value is -1.13. The Labute approximate surface area is 96.6 Å². The summed E-state index contributed by atoms with van der Waals surface area (Å²) in [4.78, 5) is 6.09. The summed E-state index contributed by atoms with van der Waals surface area (Å²) >= 11 is 0. The van der Waals surface area contributed by atoms with E-state index in [2.05, 4.69) is 4.98 Å². The minimum atomic E-state index is -0.789. The van der Waals surface area contributed by atoms with Crippen LogP contribution in [0.2, 0.25) is 0 Å². The molecule has 2 N–H and O–H groups in total. The first-order chi connectivity index (χ1) is 7.31. The molecule has 1 aromatic rings. The fourth-order valence-electron chi connectivity index (χ4n) is 1.71. The SMILES string of the molecule is C[C@@H](O)c1cccnc1N(C)CC(C)(C)O. The highest BCUT2D eigenvalue weighted by atomic mass is 16.3. The number of rotatable bonds is 4. The van der Waals surface area contributed by atoms with Gasteiger partial charge in [0, 0.05) is 25.4 Å². The van der Waals surface area contributed by atoms with Gasteiger partial charge in [-0.15, -0.1) is 0 Å². The van der Waals surface area contributed by atoms with Crippen molar-refractivity contribution in [3.8, 4) is 0 Å². The minimum absolute atomic E-state index is 0.462. The molecule has 0 fully saturated rings. The Balaban J connectivity index is 2.95. The Morgan fingerprint density at radius 2 is 2.12 bits per heavy atom. The molecule has 0 aliphatic heterocycles. The van der Waals surface area contributed by atoms with Gasteiger partial charge >= 0.3 is 0 Å².